The van der Waals surface area contributed by atoms with Crippen LogP contribution in [0, 0.1) is 23.1 Å². The van der Waals surface area contributed by atoms with Gasteiger partial charge in [-0.2, -0.15) is 5.26 Å². The van der Waals surface area contributed by atoms with Crippen molar-refractivity contribution < 1.29 is 9.18 Å². The summed E-state index contributed by atoms with van der Waals surface area (Å²) in [4.78, 5) is 14.3. The predicted octanol–water partition coefficient (Wildman–Crippen LogP) is 2.84. The molecule has 1 saturated carbocycles. The number of hydrogen-bond acceptors (Lipinski definition) is 3. The minimum absolute atomic E-state index is 0.0115. The molecular weight excluding hydrogens is 293 g/mol. The summed E-state index contributed by atoms with van der Waals surface area (Å²) in [5, 5.41) is 12.1. The molecule has 1 aromatic rings. The Balaban J connectivity index is 2.02. The molecule has 4 nitrogen and oxygen atoms in total. The van der Waals surface area contributed by atoms with Crippen LogP contribution in [0.1, 0.15) is 39.2 Å². The van der Waals surface area contributed by atoms with Crippen LogP contribution in [0.2, 0.25) is 0 Å². The van der Waals surface area contributed by atoms with Gasteiger partial charge in [0.05, 0.1) is 12.6 Å². The molecule has 0 heterocycles. The standard InChI is InChI=1S/C18H24FN3O/c1-13(2)18(3,12-20)21-17(23)11-22(15-8-9-15)10-14-6-4-5-7-16(14)19/h4-7,13,15H,8-11H2,1-3H3,(H,21,23)/t18-/m1/s1. The topological polar surface area (TPSA) is 56.1 Å². The van der Waals surface area contributed by atoms with E-state index < -0.39 is 5.54 Å². The van der Waals surface area contributed by atoms with E-state index >= 15 is 0 Å². The van der Waals surface area contributed by atoms with E-state index in [9.17, 15) is 14.4 Å². The van der Waals surface area contributed by atoms with Crippen molar-refractivity contribution >= 4 is 5.91 Å². The van der Waals surface area contributed by atoms with E-state index in [0.29, 0.717) is 18.2 Å². The summed E-state index contributed by atoms with van der Waals surface area (Å²) < 4.78 is 13.8. The summed E-state index contributed by atoms with van der Waals surface area (Å²) in [6.45, 7) is 6.13. The average Bonchev–Trinajstić information content (AvgIpc) is 3.33. The highest BCUT2D eigenvalue weighted by Gasteiger charge is 2.34. The second kappa shape index (κ2) is 7.10. The zero-order chi connectivity index (χ0) is 17.0. The molecule has 1 atom stereocenters. The van der Waals surface area contributed by atoms with Gasteiger partial charge >= 0.3 is 0 Å². The summed E-state index contributed by atoms with van der Waals surface area (Å²) in [7, 11) is 0. The smallest absolute Gasteiger partial charge is 0.235 e. The van der Waals surface area contributed by atoms with Gasteiger partial charge in [-0.1, -0.05) is 32.0 Å². The highest BCUT2D eigenvalue weighted by molar-refractivity contribution is 5.79. The Bertz CT molecular complexity index is 607. The van der Waals surface area contributed by atoms with Crippen molar-refractivity contribution in [3.05, 3.63) is 35.6 Å². The molecule has 2 rings (SSSR count). The summed E-state index contributed by atoms with van der Waals surface area (Å²) >= 11 is 0. The number of halogens is 1. The third-order valence-corrected chi connectivity index (χ3v) is 4.53. The Morgan fingerprint density at radius 2 is 2.13 bits per heavy atom. The fourth-order valence-corrected chi connectivity index (χ4v) is 2.41. The maximum absolute atomic E-state index is 13.8. The minimum Gasteiger partial charge on any atom is -0.337 e. The molecule has 0 spiro atoms. The van der Waals surface area contributed by atoms with E-state index in [4.69, 9.17) is 0 Å². The Morgan fingerprint density at radius 1 is 1.48 bits per heavy atom. The maximum Gasteiger partial charge on any atom is 0.235 e. The van der Waals surface area contributed by atoms with Gasteiger partial charge in [0.25, 0.3) is 0 Å². The first-order chi connectivity index (χ1) is 10.9. The lowest BCUT2D eigenvalue weighted by atomic mass is 9.90. The molecule has 5 heteroatoms. The quantitative estimate of drug-likeness (QED) is 0.841. The number of benzene rings is 1. The van der Waals surface area contributed by atoms with Crippen molar-refractivity contribution in [3.63, 3.8) is 0 Å². The van der Waals surface area contributed by atoms with Crippen molar-refractivity contribution in [3.8, 4) is 6.07 Å². The predicted molar refractivity (Wildman–Crippen MR) is 86.8 cm³/mol. The monoisotopic (exact) mass is 317 g/mol. The van der Waals surface area contributed by atoms with Crippen molar-refractivity contribution in [2.24, 2.45) is 5.92 Å². The number of hydrogen-bond donors (Lipinski definition) is 1. The third kappa shape index (κ3) is 4.52. The van der Waals surface area contributed by atoms with Crippen LogP contribution in [0.5, 0.6) is 0 Å². The van der Waals surface area contributed by atoms with Crippen LogP contribution in [-0.4, -0.2) is 28.9 Å². The molecule has 0 saturated heterocycles. The number of nitriles is 1. The molecular formula is C18H24FN3O. The maximum atomic E-state index is 13.8. The highest BCUT2D eigenvalue weighted by atomic mass is 19.1. The Labute approximate surface area is 137 Å². The summed E-state index contributed by atoms with van der Waals surface area (Å²) in [6, 6.07) is 9.15. The molecule has 1 aliphatic carbocycles. The van der Waals surface area contributed by atoms with Gasteiger partial charge in [-0.15, -0.1) is 0 Å². The van der Waals surface area contributed by atoms with Gasteiger partial charge < -0.3 is 5.32 Å². The fourth-order valence-electron chi connectivity index (χ4n) is 2.41. The van der Waals surface area contributed by atoms with Gasteiger partial charge in [0.15, 0.2) is 0 Å². The molecule has 1 aliphatic rings. The second-order valence-electron chi connectivity index (χ2n) is 6.74. The van der Waals surface area contributed by atoms with Gasteiger partial charge in [0.1, 0.15) is 11.4 Å². The second-order valence-corrected chi connectivity index (χ2v) is 6.74. The van der Waals surface area contributed by atoms with Crippen molar-refractivity contribution in [1.29, 1.82) is 5.26 Å². The number of carbonyl (C=O) groups excluding carboxylic acids is 1. The van der Waals surface area contributed by atoms with Gasteiger partial charge in [-0.3, -0.25) is 9.69 Å². The molecule has 1 N–H and O–H groups in total. The molecule has 0 aliphatic heterocycles. The summed E-state index contributed by atoms with van der Waals surface area (Å²) in [5.41, 5.74) is -0.288. The molecule has 1 fully saturated rings. The van der Waals surface area contributed by atoms with Crippen LogP contribution in [0.3, 0.4) is 0 Å². The van der Waals surface area contributed by atoms with Crippen LogP contribution in [-0.2, 0) is 11.3 Å². The third-order valence-electron chi connectivity index (χ3n) is 4.53. The number of nitrogens with one attached hydrogen (secondary N) is 1. The van der Waals surface area contributed by atoms with Crippen LogP contribution in [0.25, 0.3) is 0 Å². The van der Waals surface area contributed by atoms with Crippen molar-refractivity contribution in [2.75, 3.05) is 6.54 Å². The van der Waals surface area contributed by atoms with Crippen LogP contribution in [0.4, 0.5) is 4.39 Å². The Hall–Kier alpha value is -1.93. The summed E-state index contributed by atoms with van der Waals surface area (Å²) in [6.07, 6.45) is 2.06. The number of amides is 1. The number of nitrogens with zero attached hydrogens (tertiary/aromatic N) is 2. The zero-order valence-electron chi connectivity index (χ0n) is 14.0. The van der Waals surface area contributed by atoms with E-state index in [1.165, 1.54) is 6.07 Å². The lowest BCUT2D eigenvalue weighted by Crippen LogP contribution is -2.52. The normalized spacial score (nSPS) is 16.9. The highest BCUT2D eigenvalue weighted by Crippen LogP contribution is 2.28. The molecule has 23 heavy (non-hydrogen) atoms. The zero-order valence-corrected chi connectivity index (χ0v) is 14.0. The van der Waals surface area contributed by atoms with E-state index in [2.05, 4.69) is 11.4 Å². The lowest BCUT2D eigenvalue weighted by Gasteiger charge is -2.29. The summed E-state index contributed by atoms with van der Waals surface area (Å²) in [5.74, 6) is -0.425. The SMILES string of the molecule is CC(C)[C@@](C)(C#N)NC(=O)CN(Cc1ccccc1F)C1CC1. The minimum atomic E-state index is -0.885. The average molecular weight is 317 g/mol. The van der Waals surface area contributed by atoms with E-state index in [0.717, 1.165) is 12.8 Å². The largest absolute Gasteiger partial charge is 0.337 e. The number of rotatable bonds is 7. The Kier molecular flexibility index (Phi) is 5.38. The van der Waals surface area contributed by atoms with Gasteiger partial charge in [-0.05, 0) is 31.7 Å². The first-order valence-corrected chi connectivity index (χ1v) is 8.05. The molecule has 124 valence electrons. The van der Waals surface area contributed by atoms with E-state index in [1.54, 1.807) is 25.1 Å². The van der Waals surface area contributed by atoms with E-state index in [1.807, 2.05) is 18.7 Å². The number of carbonyl (C=O) groups is 1. The van der Waals surface area contributed by atoms with Crippen LogP contribution in [0.15, 0.2) is 24.3 Å². The molecule has 0 unspecified atom stereocenters. The van der Waals surface area contributed by atoms with E-state index in [-0.39, 0.29) is 24.2 Å². The first-order valence-electron chi connectivity index (χ1n) is 8.05. The molecule has 1 amide bonds. The van der Waals surface area contributed by atoms with Crippen LogP contribution < -0.4 is 5.32 Å². The molecule has 0 aromatic heterocycles. The van der Waals surface area contributed by atoms with Gasteiger partial charge in [0, 0.05) is 18.2 Å². The van der Waals surface area contributed by atoms with Gasteiger partial charge in [0.2, 0.25) is 5.91 Å². The van der Waals surface area contributed by atoms with Gasteiger partial charge in [-0.25, -0.2) is 4.39 Å². The molecule has 0 radical (unpaired) electrons. The van der Waals surface area contributed by atoms with Crippen molar-refractivity contribution in [1.82, 2.24) is 10.2 Å². The lowest BCUT2D eigenvalue weighted by molar-refractivity contribution is -0.124. The fraction of sp³-hybridized carbons (Fsp3) is 0.556. The Morgan fingerprint density at radius 3 is 2.65 bits per heavy atom. The molecule has 1 aromatic carbocycles. The molecule has 0 bridgehead atoms. The first kappa shape index (κ1) is 17.4. The van der Waals surface area contributed by atoms with Crippen molar-refractivity contribution in [2.45, 2.75) is 51.7 Å². The van der Waals surface area contributed by atoms with Crippen LogP contribution >= 0.6 is 0 Å².